The second kappa shape index (κ2) is 7.88. The smallest absolute Gasteiger partial charge is 0.414 e. The number of hydrogen-bond acceptors (Lipinski definition) is 6. The van der Waals surface area contributed by atoms with Crippen LogP contribution in [-0.2, 0) is 9.53 Å². The lowest BCUT2D eigenvalue weighted by Gasteiger charge is -2.24. The Bertz CT molecular complexity index is 686. The molecule has 26 heavy (non-hydrogen) atoms. The van der Waals surface area contributed by atoms with E-state index in [2.05, 4.69) is 5.43 Å². The average molecular weight is 365 g/mol. The van der Waals surface area contributed by atoms with Crippen molar-refractivity contribution >= 4 is 23.4 Å². The quantitative estimate of drug-likeness (QED) is 0.815. The van der Waals surface area contributed by atoms with Gasteiger partial charge in [0.2, 0.25) is 5.91 Å². The topological polar surface area (TPSA) is 91.1 Å². The van der Waals surface area contributed by atoms with E-state index in [1.807, 2.05) is 11.8 Å². The van der Waals surface area contributed by atoms with Crippen molar-refractivity contribution in [2.45, 2.75) is 19.4 Å². The lowest BCUT2D eigenvalue weighted by Crippen LogP contribution is -2.43. The zero-order valence-corrected chi connectivity index (χ0v) is 14.8. The van der Waals surface area contributed by atoms with Crippen LogP contribution in [0.4, 0.5) is 20.6 Å². The molecule has 142 valence electrons. The number of nitrogens with two attached hydrogens (primary N) is 1. The molecule has 0 unspecified atom stereocenters. The molecule has 1 aromatic rings. The largest absolute Gasteiger partial charge is 0.443 e. The summed E-state index contributed by atoms with van der Waals surface area (Å²) in [5.41, 5.74) is 9.49. The van der Waals surface area contributed by atoms with E-state index in [0.717, 1.165) is 0 Å². The molecule has 0 radical (unpaired) electrons. The van der Waals surface area contributed by atoms with E-state index < -0.39 is 11.9 Å². The summed E-state index contributed by atoms with van der Waals surface area (Å²) in [4.78, 5) is 27.0. The molecule has 2 aliphatic heterocycles. The molecule has 8 nitrogen and oxygen atoms in total. The van der Waals surface area contributed by atoms with Crippen LogP contribution in [0.1, 0.15) is 13.3 Å². The number of benzene rings is 1. The summed E-state index contributed by atoms with van der Waals surface area (Å²) in [5, 5.41) is 1.58. The highest BCUT2D eigenvalue weighted by Gasteiger charge is 2.32. The Balaban J connectivity index is 1.72. The summed E-state index contributed by atoms with van der Waals surface area (Å²) in [6.45, 7) is 4.48. The molecule has 0 spiro atoms. The minimum absolute atomic E-state index is 0.0182. The normalized spacial score (nSPS) is 21.0. The Morgan fingerprint density at radius 3 is 2.85 bits per heavy atom. The third-order valence-corrected chi connectivity index (χ3v) is 4.60. The zero-order valence-electron chi connectivity index (χ0n) is 14.8. The number of ether oxygens (including phenoxy) is 1. The van der Waals surface area contributed by atoms with Crippen molar-refractivity contribution in [1.29, 1.82) is 0 Å². The average Bonchev–Trinajstić information content (AvgIpc) is 2.86. The van der Waals surface area contributed by atoms with Gasteiger partial charge in [-0.05, 0) is 18.2 Å². The van der Waals surface area contributed by atoms with Crippen LogP contribution in [0.15, 0.2) is 18.2 Å². The van der Waals surface area contributed by atoms with Crippen molar-refractivity contribution < 1.29 is 18.7 Å². The lowest BCUT2D eigenvalue weighted by molar-refractivity contribution is -0.133. The first-order chi connectivity index (χ1) is 12.5. The first-order valence-corrected chi connectivity index (χ1v) is 8.80. The maximum Gasteiger partial charge on any atom is 0.414 e. The second-order valence-electron chi connectivity index (χ2n) is 6.28. The van der Waals surface area contributed by atoms with Crippen molar-refractivity contribution in [1.82, 2.24) is 10.4 Å². The molecule has 0 aliphatic carbocycles. The molecule has 2 aliphatic rings. The molecule has 0 saturated carbocycles. The van der Waals surface area contributed by atoms with E-state index in [0.29, 0.717) is 50.5 Å². The SMILES string of the molecule is CCC(=O)N1CCN(c2ccc(N3C[C@H](CN)OC3=O)cc2F)CCN1. The van der Waals surface area contributed by atoms with E-state index in [-0.39, 0.29) is 18.6 Å². The molecule has 9 heteroatoms. The molecule has 0 aromatic heterocycles. The molecular formula is C17H24FN5O3. The highest BCUT2D eigenvalue weighted by Crippen LogP contribution is 2.28. The predicted molar refractivity (Wildman–Crippen MR) is 95.3 cm³/mol. The van der Waals surface area contributed by atoms with Crippen LogP contribution >= 0.6 is 0 Å². The van der Waals surface area contributed by atoms with Crippen molar-refractivity contribution in [2.75, 3.05) is 49.1 Å². The van der Waals surface area contributed by atoms with Crippen LogP contribution in [0, 0.1) is 5.82 Å². The number of halogens is 1. The minimum Gasteiger partial charge on any atom is -0.443 e. The fourth-order valence-electron chi connectivity index (χ4n) is 3.15. The summed E-state index contributed by atoms with van der Waals surface area (Å²) in [6.07, 6.45) is -0.463. The van der Waals surface area contributed by atoms with Crippen LogP contribution in [0.25, 0.3) is 0 Å². The molecule has 2 saturated heterocycles. The Hall–Kier alpha value is -2.39. The van der Waals surface area contributed by atoms with Crippen LogP contribution in [0.2, 0.25) is 0 Å². The van der Waals surface area contributed by atoms with Crippen LogP contribution in [0.5, 0.6) is 0 Å². The highest BCUT2D eigenvalue weighted by molar-refractivity contribution is 5.90. The summed E-state index contributed by atoms with van der Waals surface area (Å²) in [7, 11) is 0. The molecule has 1 aromatic carbocycles. The second-order valence-corrected chi connectivity index (χ2v) is 6.28. The van der Waals surface area contributed by atoms with Gasteiger partial charge in [0, 0.05) is 32.6 Å². The van der Waals surface area contributed by atoms with Gasteiger partial charge in [-0.1, -0.05) is 6.92 Å². The molecule has 1 atom stereocenters. The number of carbonyl (C=O) groups excluding carboxylic acids is 2. The molecule has 2 fully saturated rings. The first-order valence-electron chi connectivity index (χ1n) is 8.80. The van der Waals surface area contributed by atoms with Gasteiger partial charge in [-0.2, -0.15) is 0 Å². The zero-order chi connectivity index (χ0) is 18.7. The van der Waals surface area contributed by atoms with Crippen molar-refractivity contribution in [2.24, 2.45) is 5.73 Å². The number of hydrogen-bond donors (Lipinski definition) is 2. The monoisotopic (exact) mass is 365 g/mol. The number of anilines is 2. The predicted octanol–water partition coefficient (Wildman–Crippen LogP) is 0.673. The number of cyclic esters (lactones) is 1. The van der Waals surface area contributed by atoms with Gasteiger partial charge in [0.25, 0.3) is 0 Å². The molecule has 2 amide bonds. The minimum atomic E-state index is -0.514. The molecular weight excluding hydrogens is 341 g/mol. The van der Waals surface area contributed by atoms with E-state index in [1.54, 1.807) is 17.1 Å². The fraction of sp³-hybridized carbons (Fsp3) is 0.529. The maximum atomic E-state index is 14.7. The van der Waals surface area contributed by atoms with Gasteiger partial charge in [-0.3, -0.25) is 14.7 Å². The van der Waals surface area contributed by atoms with Gasteiger partial charge in [0.1, 0.15) is 11.9 Å². The lowest BCUT2D eigenvalue weighted by atomic mass is 10.2. The fourth-order valence-corrected chi connectivity index (χ4v) is 3.15. The summed E-state index contributed by atoms with van der Waals surface area (Å²) in [6, 6.07) is 4.69. The van der Waals surface area contributed by atoms with Crippen molar-refractivity contribution in [3.63, 3.8) is 0 Å². The third-order valence-electron chi connectivity index (χ3n) is 4.60. The van der Waals surface area contributed by atoms with Gasteiger partial charge in [0.15, 0.2) is 0 Å². The highest BCUT2D eigenvalue weighted by atomic mass is 19.1. The summed E-state index contributed by atoms with van der Waals surface area (Å²) in [5.74, 6) is -0.397. The molecule has 3 N–H and O–H groups in total. The molecule has 2 heterocycles. The van der Waals surface area contributed by atoms with Gasteiger partial charge in [0.05, 0.1) is 24.5 Å². The Kier molecular flexibility index (Phi) is 5.58. The van der Waals surface area contributed by atoms with Gasteiger partial charge >= 0.3 is 6.09 Å². The Labute approximate surface area is 151 Å². The molecule has 3 rings (SSSR count). The van der Waals surface area contributed by atoms with E-state index in [9.17, 15) is 14.0 Å². The number of nitrogens with one attached hydrogen (secondary N) is 1. The van der Waals surface area contributed by atoms with Crippen LogP contribution < -0.4 is 21.0 Å². The summed E-state index contributed by atoms with van der Waals surface area (Å²) < 4.78 is 19.8. The maximum absolute atomic E-state index is 14.7. The van der Waals surface area contributed by atoms with Crippen LogP contribution in [-0.4, -0.2) is 62.4 Å². The number of amides is 2. The third kappa shape index (κ3) is 3.73. The van der Waals surface area contributed by atoms with E-state index >= 15 is 0 Å². The number of nitrogens with zero attached hydrogens (tertiary/aromatic N) is 3. The number of carbonyl (C=O) groups is 2. The standard InChI is InChI=1S/C17H24FN5O3/c1-2-16(24)23-8-7-21(6-5-20-23)15-4-3-12(9-14(15)18)22-11-13(10-19)26-17(22)25/h3-4,9,13,20H,2,5-8,10-11,19H2,1H3/t13-/m0/s1. The summed E-state index contributed by atoms with van der Waals surface area (Å²) >= 11 is 0. The number of rotatable bonds is 4. The first kappa shape index (κ1) is 18.4. The molecule has 0 bridgehead atoms. The van der Waals surface area contributed by atoms with E-state index in [4.69, 9.17) is 10.5 Å². The number of hydrazine groups is 1. The van der Waals surface area contributed by atoms with Crippen molar-refractivity contribution in [3.05, 3.63) is 24.0 Å². The van der Waals surface area contributed by atoms with Crippen molar-refractivity contribution in [3.8, 4) is 0 Å². The Morgan fingerprint density at radius 1 is 1.38 bits per heavy atom. The van der Waals surface area contributed by atoms with Gasteiger partial charge < -0.3 is 15.4 Å². The van der Waals surface area contributed by atoms with E-state index in [1.165, 1.54) is 11.0 Å². The van der Waals surface area contributed by atoms with Gasteiger partial charge in [-0.15, -0.1) is 0 Å². The Morgan fingerprint density at radius 2 is 2.19 bits per heavy atom. The van der Waals surface area contributed by atoms with Gasteiger partial charge in [-0.25, -0.2) is 14.6 Å². The van der Waals surface area contributed by atoms with Crippen LogP contribution in [0.3, 0.4) is 0 Å².